The summed E-state index contributed by atoms with van der Waals surface area (Å²) in [5, 5.41) is 9.37. The number of rotatable bonds is 6. The van der Waals surface area contributed by atoms with Crippen LogP contribution in [0.2, 0.25) is 0 Å². The Balaban J connectivity index is 1.58. The molecule has 6 heteroatoms. The molecule has 0 N–H and O–H groups in total. The van der Waals surface area contributed by atoms with Crippen LogP contribution in [0.3, 0.4) is 0 Å². The van der Waals surface area contributed by atoms with Crippen molar-refractivity contribution in [2.45, 2.75) is 23.3 Å². The van der Waals surface area contributed by atoms with Gasteiger partial charge in [0.05, 0.1) is 11.1 Å². The molecule has 0 saturated carbocycles. The first kappa shape index (κ1) is 19.9. The average Bonchev–Trinajstić information content (AvgIpc) is 3.25. The Morgan fingerprint density at radius 1 is 1.03 bits per heavy atom. The summed E-state index contributed by atoms with van der Waals surface area (Å²) in [7, 11) is 0. The maximum absolute atomic E-state index is 13.4. The number of hydrogen-bond acceptors (Lipinski definition) is 5. The van der Waals surface area contributed by atoms with Gasteiger partial charge < -0.3 is 14.4 Å². The highest BCUT2D eigenvalue weighted by Gasteiger charge is 2.20. The fourth-order valence-electron chi connectivity index (χ4n) is 3.26. The van der Waals surface area contributed by atoms with E-state index in [9.17, 15) is 10.1 Å². The van der Waals surface area contributed by atoms with Crippen molar-refractivity contribution in [2.24, 2.45) is 0 Å². The highest BCUT2D eigenvalue weighted by Crippen LogP contribution is 2.34. The summed E-state index contributed by atoms with van der Waals surface area (Å²) in [5.41, 5.74) is 2.20. The zero-order valence-electron chi connectivity index (χ0n) is 16.5. The van der Waals surface area contributed by atoms with Crippen molar-refractivity contribution in [1.82, 2.24) is 4.90 Å². The van der Waals surface area contributed by atoms with E-state index >= 15 is 0 Å². The molecule has 5 nitrogen and oxygen atoms in total. The first-order chi connectivity index (χ1) is 14.7. The molecule has 150 valence electrons. The predicted octanol–water partition coefficient (Wildman–Crippen LogP) is 5.10. The summed E-state index contributed by atoms with van der Waals surface area (Å²) in [4.78, 5) is 16.8. The van der Waals surface area contributed by atoms with E-state index in [0.717, 1.165) is 21.1 Å². The number of hydrogen-bond donors (Lipinski definition) is 0. The van der Waals surface area contributed by atoms with Crippen LogP contribution in [0.4, 0.5) is 0 Å². The van der Waals surface area contributed by atoms with E-state index in [1.54, 1.807) is 11.0 Å². The second-order valence-corrected chi connectivity index (χ2v) is 7.80. The summed E-state index contributed by atoms with van der Waals surface area (Å²) < 4.78 is 10.8. The minimum absolute atomic E-state index is 0.0484. The third-order valence-corrected chi connectivity index (χ3v) is 5.98. The van der Waals surface area contributed by atoms with Gasteiger partial charge in [-0.05, 0) is 48.9 Å². The van der Waals surface area contributed by atoms with Gasteiger partial charge in [-0.15, -0.1) is 0 Å². The summed E-state index contributed by atoms with van der Waals surface area (Å²) in [6.45, 7) is 3.23. The Hall–Kier alpha value is -3.43. The van der Waals surface area contributed by atoms with E-state index in [1.165, 1.54) is 11.8 Å². The fraction of sp³-hybridized carbons (Fsp3) is 0.167. The van der Waals surface area contributed by atoms with Gasteiger partial charge in [-0.2, -0.15) is 5.26 Å². The summed E-state index contributed by atoms with van der Waals surface area (Å²) in [6.07, 6.45) is 0. The largest absolute Gasteiger partial charge is 0.454 e. The Bertz CT molecular complexity index is 1120. The maximum Gasteiger partial charge on any atom is 0.255 e. The molecule has 1 heterocycles. The van der Waals surface area contributed by atoms with E-state index in [-0.39, 0.29) is 12.7 Å². The van der Waals surface area contributed by atoms with Gasteiger partial charge in [0.2, 0.25) is 6.79 Å². The molecule has 3 aromatic carbocycles. The summed E-state index contributed by atoms with van der Waals surface area (Å²) in [6, 6.07) is 22.9. The zero-order chi connectivity index (χ0) is 20.9. The highest BCUT2D eigenvalue weighted by atomic mass is 32.2. The monoisotopic (exact) mass is 416 g/mol. The van der Waals surface area contributed by atoms with E-state index in [4.69, 9.17) is 9.47 Å². The van der Waals surface area contributed by atoms with Gasteiger partial charge in [-0.25, -0.2) is 0 Å². The third kappa shape index (κ3) is 4.12. The molecular formula is C24H20N2O3S. The predicted molar refractivity (Wildman–Crippen MR) is 115 cm³/mol. The van der Waals surface area contributed by atoms with Crippen molar-refractivity contribution in [3.8, 4) is 17.6 Å². The molecule has 1 amide bonds. The number of benzene rings is 3. The first-order valence-corrected chi connectivity index (χ1v) is 10.4. The molecule has 0 aliphatic carbocycles. The zero-order valence-corrected chi connectivity index (χ0v) is 17.3. The van der Waals surface area contributed by atoms with Gasteiger partial charge in [0.1, 0.15) is 6.07 Å². The molecule has 4 rings (SSSR count). The Labute approximate surface area is 179 Å². The van der Waals surface area contributed by atoms with Gasteiger partial charge in [-0.1, -0.05) is 42.1 Å². The van der Waals surface area contributed by atoms with Crippen molar-refractivity contribution in [3.63, 3.8) is 0 Å². The van der Waals surface area contributed by atoms with Crippen LogP contribution in [0, 0.1) is 11.3 Å². The van der Waals surface area contributed by atoms with Crippen molar-refractivity contribution in [3.05, 3.63) is 83.4 Å². The average molecular weight is 417 g/mol. The number of nitrogens with zero attached hydrogens (tertiary/aromatic N) is 2. The molecule has 0 fully saturated rings. The van der Waals surface area contributed by atoms with Crippen LogP contribution in [-0.4, -0.2) is 24.1 Å². The molecule has 0 unspecified atom stereocenters. The van der Waals surface area contributed by atoms with Gasteiger partial charge in [0.15, 0.2) is 11.5 Å². The van der Waals surface area contributed by atoms with E-state index < -0.39 is 0 Å². The molecule has 0 saturated heterocycles. The lowest BCUT2D eigenvalue weighted by atomic mass is 10.1. The molecule has 3 aromatic rings. The lowest BCUT2D eigenvalue weighted by molar-refractivity contribution is 0.0749. The van der Waals surface area contributed by atoms with Crippen LogP contribution >= 0.6 is 11.8 Å². The van der Waals surface area contributed by atoms with Crippen LogP contribution in [-0.2, 0) is 6.54 Å². The Morgan fingerprint density at radius 2 is 1.77 bits per heavy atom. The number of carbonyl (C=O) groups is 1. The molecule has 30 heavy (non-hydrogen) atoms. The summed E-state index contributed by atoms with van der Waals surface area (Å²) >= 11 is 1.44. The number of nitriles is 1. The number of carbonyl (C=O) groups excluding carboxylic acids is 1. The van der Waals surface area contributed by atoms with Crippen LogP contribution in [0.5, 0.6) is 11.5 Å². The molecule has 0 aromatic heterocycles. The quantitative estimate of drug-likeness (QED) is 0.559. The lowest BCUT2D eigenvalue weighted by Gasteiger charge is -2.22. The molecule has 1 aliphatic heterocycles. The van der Waals surface area contributed by atoms with Crippen LogP contribution in [0.15, 0.2) is 76.5 Å². The second kappa shape index (κ2) is 8.93. The topological polar surface area (TPSA) is 62.6 Å². The van der Waals surface area contributed by atoms with Gasteiger partial charge in [0, 0.05) is 22.9 Å². The van der Waals surface area contributed by atoms with Gasteiger partial charge in [-0.3, -0.25) is 4.79 Å². The van der Waals surface area contributed by atoms with Crippen molar-refractivity contribution in [2.75, 3.05) is 13.3 Å². The Morgan fingerprint density at radius 3 is 2.57 bits per heavy atom. The van der Waals surface area contributed by atoms with E-state index in [1.807, 2.05) is 67.6 Å². The normalized spacial score (nSPS) is 11.7. The van der Waals surface area contributed by atoms with Gasteiger partial charge in [0.25, 0.3) is 5.91 Å². The molecule has 1 aliphatic rings. The van der Waals surface area contributed by atoms with Crippen LogP contribution < -0.4 is 9.47 Å². The standard InChI is InChI=1S/C24H20N2O3S/c1-2-26(15-17-11-12-20-21(13-17)29-16-28-20)24(27)19-8-4-6-10-23(19)30-22-9-5-3-7-18(22)14-25/h3-13H,2,15-16H2,1H3. The first-order valence-electron chi connectivity index (χ1n) is 9.63. The maximum atomic E-state index is 13.4. The van der Waals surface area contributed by atoms with Crippen molar-refractivity contribution in [1.29, 1.82) is 5.26 Å². The minimum atomic E-state index is -0.0484. The number of amides is 1. The minimum Gasteiger partial charge on any atom is -0.454 e. The Kier molecular flexibility index (Phi) is 5.92. The van der Waals surface area contributed by atoms with Crippen LogP contribution in [0.1, 0.15) is 28.4 Å². The lowest BCUT2D eigenvalue weighted by Crippen LogP contribution is -2.30. The van der Waals surface area contributed by atoms with Crippen LogP contribution in [0.25, 0.3) is 0 Å². The molecule has 0 spiro atoms. The van der Waals surface area contributed by atoms with E-state index in [0.29, 0.717) is 30.0 Å². The molecule has 0 atom stereocenters. The van der Waals surface area contributed by atoms with Crippen molar-refractivity contribution < 1.29 is 14.3 Å². The number of ether oxygens (including phenoxy) is 2. The smallest absolute Gasteiger partial charge is 0.255 e. The highest BCUT2D eigenvalue weighted by molar-refractivity contribution is 7.99. The SMILES string of the molecule is CCN(Cc1ccc2c(c1)OCO2)C(=O)c1ccccc1Sc1ccccc1C#N. The van der Waals surface area contributed by atoms with Crippen molar-refractivity contribution >= 4 is 17.7 Å². The molecular weight excluding hydrogens is 396 g/mol. The third-order valence-electron chi connectivity index (χ3n) is 4.82. The van der Waals surface area contributed by atoms with Gasteiger partial charge >= 0.3 is 0 Å². The fourth-order valence-corrected chi connectivity index (χ4v) is 4.28. The summed E-state index contributed by atoms with van der Waals surface area (Å²) in [5.74, 6) is 1.39. The number of fused-ring (bicyclic) bond motifs is 1. The van der Waals surface area contributed by atoms with E-state index in [2.05, 4.69) is 6.07 Å². The second-order valence-electron chi connectivity index (χ2n) is 6.71. The molecule has 0 radical (unpaired) electrons. The molecule has 0 bridgehead atoms.